The lowest BCUT2D eigenvalue weighted by Crippen LogP contribution is -2.38. The van der Waals surface area contributed by atoms with Crippen molar-refractivity contribution in [1.82, 2.24) is 5.32 Å². The number of nitriles is 1. The normalized spacial score (nSPS) is 13.4. The number of para-hydroxylation sites is 2. The summed E-state index contributed by atoms with van der Waals surface area (Å²) in [6, 6.07) is 9.81. The van der Waals surface area contributed by atoms with Gasteiger partial charge in [-0.3, -0.25) is 0 Å². The zero-order chi connectivity index (χ0) is 13.4. The van der Waals surface area contributed by atoms with Gasteiger partial charge < -0.3 is 14.8 Å². The monoisotopic (exact) mass is 248 g/mol. The molecule has 1 aromatic rings. The molecule has 0 aliphatic rings. The van der Waals surface area contributed by atoms with Gasteiger partial charge in [-0.25, -0.2) is 0 Å². The van der Waals surface area contributed by atoms with Crippen molar-refractivity contribution in [1.29, 1.82) is 5.26 Å². The summed E-state index contributed by atoms with van der Waals surface area (Å²) in [6.07, 6.45) is 1.55. The molecule has 0 saturated heterocycles. The van der Waals surface area contributed by atoms with Crippen molar-refractivity contribution in [2.24, 2.45) is 0 Å². The maximum absolute atomic E-state index is 9.01. The van der Waals surface area contributed by atoms with E-state index in [2.05, 4.69) is 11.4 Å². The van der Waals surface area contributed by atoms with Crippen LogP contribution in [0.5, 0.6) is 11.5 Å². The third kappa shape index (κ3) is 3.94. The Morgan fingerprint density at radius 2 is 2.00 bits per heavy atom. The Balaban J connectivity index is 2.41. The molecule has 1 rings (SSSR count). The molecule has 0 amide bonds. The quantitative estimate of drug-likeness (QED) is 0.753. The number of hydrogen-bond donors (Lipinski definition) is 1. The second kappa shape index (κ2) is 6.87. The average Bonchev–Trinajstić information content (AvgIpc) is 2.43. The predicted octanol–water partition coefficient (Wildman–Crippen LogP) is 2.36. The average molecular weight is 248 g/mol. The van der Waals surface area contributed by atoms with Crippen LogP contribution in [-0.4, -0.2) is 26.3 Å². The standard InChI is InChI=1S/C14H20N2O2/c1-14(11-15,16-2)9-6-10-18-13-8-5-4-7-12(13)17-3/h4-5,7-8,16H,6,9-10H2,1-3H3. The number of ether oxygens (including phenoxy) is 2. The van der Waals surface area contributed by atoms with Crippen LogP contribution >= 0.6 is 0 Å². The van der Waals surface area contributed by atoms with E-state index in [-0.39, 0.29) is 0 Å². The SMILES string of the molecule is CNC(C)(C#N)CCCOc1ccccc1OC. The summed E-state index contributed by atoms with van der Waals surface area (Å²) in [7, 11) is 3.42. The summed E-state index contributed by atoms with van der Waals surface area (Å²) in [6.45, 7) is 2.45. The van der Waals surface area contributed by atoms with Gasteiger partial charge in [0.25, 0.3) is 0 Å². The molecule has 0 bridgehead atoms. The first-order chi connectivity index (χ1) is 8.65. The largest absolute Gasteiger partial charge is 0.493 e. The van der Waals surface area contributed by atoms with E-state index in [4.69, 9.17) is 14.7 Å². The number of methoxy groups -OCH3 is 1. The zero-order valence-electron chi connectivity index (χ0n) is 11.2. The molecular weight excluding hydrogens is 228 g/mol. The van der Waals surface area contributed by atoms with E-state index >= 15 is 0 Å². The number of benzene rings is 1. The van der Waals surface area contributed by atoms with Crippen molar-refractivity contribution in [3.8, 4) is 17.6 Å². The molecule has 18 heavy (non-hydrogen) atoms. The van der Waals surface area contributed by atoms with E-state index in [1.165, 1.54) is 0 Å². The fourth-order valence-corrected chi connectivity index (χ4v) is 1.58. The number of rotatable bonds is 7. The molecule has 1 N–H and O–H groups in total. The zero-order valence-corrected chi connectivity index (χ0v) is 11.2. The second-order valence-electron chi connectivity index (χ2n) is 4.30. The van der Waals surface area contributed by atoms with E-state index in [0.29, 0.717) is 6.61 Å². The Hall–Kier alpha value is -1.73. The van der Waals surface area contributed by atoms with Crippen molar-refractivity contribution in [2.45, 2.75) is 25.3 Å². The molecule has 4 nitrogen and oxygen atoms in total. The molecule has 0 aliphatic heterocycles. The van der Waals surface area contributed by atoms with Gasteiger partial charge >= 0.3 is 0 Å². The van der Waals surface area contributed by atoms with Crippen LogP contribution in [0.3, 0.4) is 0 Å². The molecule has 1 aromatic carbocycles. The van der Waals surface area contributed by atoms with Crippen LogP contribution in [0.1, 0.15) is 19.8 Å². The van der Waals surface area contributed by atoms with E-state index in [1.807, 2.05) is 31.2 Å². The number of hydrogen-bond acceptors (Lipinski definition) is 4. The first-order valence-electron chi connectivity index (χ1n) is 6.01. The van der Waals surface area contributed by atoms with Crippen molar-refractivity contribution >= 4 is 0 Å². The van der Waals surface area contributed by atoms with Crippen LogP contribution in [0.4, 0.5) is 0 Å². The molecule has 0 heterocycles. The Kier molecular flexibility index (Phi) is 5.47. The van der Waals surface area contributed by atoms with Crippen LogP contribution in [0, 0.1) is 11.3 Å². The van der Waals surface area contributed by atoms with Crippen molar-refractivity contribution < 1.29 is 9.47 Å². The fraction of sp³-hybridized carbons (Fsp3) is 0.500. The predicted molar refractivity (Wildman–Crippen MR) is 70.8 cm³/mol. The summed E-state index contributed by atoms with van der Waals surface area (Å²) >= 11 is 0. The third-order valence-corrected chi connectivity index (χ3v) is 2.95. The Labute approximate surface area is 109 Å². The van der Waals surface area contributed by atoms with Gasteiger partial charge in [0.15, 0.2) is 11.5 Å². The molecule has 0 spiro atoms. The fourth-order valence-electron chi connectivity index (χ4n) is 1.58. The highest BCUT2D eigenvalue weighted by Crippen LogP contribution is 2.26. The molecule has 4 heteroatoms. The molecule has 0 aliphatic carbocycles. The lowest BCUT2D eigenvalue weighted by Gasteiger charge is -2.20. The van der Waals surface area contributed by atoms with E-state index in [9.17, 15) is 0 Å². The first kappa shape index (κ1) is 14.3. The van der Waals surface area contributed by atoms with Gasteiger partial charge in [-0.05, 0) is 38.9 Å². The third-order valence-electron chi connectivity index (χ3n) is 2.95. The Morgan fingerprint density at radius 3 is 2.56 bits per heavy atom. The van der Waals surface area contributed by atoms with Gasteiger partial charge in [-0.2, -0.15) is 5.26 Å². The van der Waals surface area contributed by atoms with E-state index < -0.39 is 5.54 Å². The lowest BCUT2D eigenvalue weighted by molar-refractivity contribution is 0.273. The highest BCUT2D eigenvalue weighted by Gasteiger charge is 2.20. The highest BCUT2D eigenvalue weighted by atomic mass is 16.5. The van der Waals surface area contributed by atoms with Crippen LogP contribution in [-0.2, 0) is 0 Å². The molecule has 0 radical (unpaired) electrons. The first-order valence-corrected chi connectivity index (χ1v) is 6.01. The summed E-state index contributed by atoms with van der Waals surface area (Å²) in [5.41, 5.74) is -0.482. The summed E-state index contributed by atoms with van der Waals surface area (Å²) in [5.74, 6) is 1.47. The van der Waals surface area contributed by atoms with E-state index in [0.717, 1.165) is 24.3 Å². The van der Waals surface area contributed by atoms with Crippen molar-refractivity contribution in [3.05, 3.63) is 24.3 Å². The van der Waals surface area contributed by atoms with Crippen molar-refractivity contribution in [2.75, 3.05) is 20.8 Å². The summed E-state index contributed by atoms with van der Waals surface area (Å²) in [4.78, 5) is 0. The van der Waals surface area contributed by atoms with Crippen molar-refractivity contribution in [3.63, 3.8) is 0 Å². The topological polar surface area (TPSA) is 54.3 Å². The highest BCUT2D eigenvalue weighted by molar-refractivity contribution is 5.39. The maximum atomic E-state index is 9.01. The molecule has 0 saturated carbocycles. The Bertz CT molecular complexity index is 415. The maximum Gasteiger partial charge on any atom is 0.161 e. The van der Waals surface area contributed by atoms with Crippen LogP contribution in [0.2, 0.25) is 0 Å². The van der Waals surface area contributed by atoms with Gasteiger partial charge in [-0.1, -0.05) is 12.1 Å². The molecule has 98 valence electrons. The molecular formula is C14H20N2O2. The minimum Gasteiger partial charge on any atom is -0.493 e. The molecule has 0 fully saturated rings. The minimum absolute atomic E-state index is 0.482. The smallest absolute Gasteiger partial charge is 0.161 e. The molecule has 0 aromatic heterocycles. The molecule has 1 atom stereocenters. The van der Waals surface area contributed by atoms with Crippen LogP contribution in [0.25, 0.3) is 0 Å². The summed E-state index contributed by atoms with van der Waals surface area (Å²) in [5, 5.41) is 12.0. The van der Waals surface area contributed by atoms with Crippen LogP contribution in [0.15, 0.2) is 24.3 Å². The van der Waals surface area contributed by atoms with Gasteiger partial charge in [0.2, 0.25) is 0 Å². The van der Waals surface area contributed by atoms with Gasteiger partial charge in [0.1, 0.15) is 5.54 Å². The van der Waals surface area contributed by atoms with Crippen LogP contribution < -0.4 is 14.8 Å². The Morgan fingerprint density at radius 1 is 1.33 bits per heavy atom. The minimum atomic E-state index is -0.482. The van der Waals surface area contributed by atoms with Gasteiger partial charge in [0.05, 0.1) is 19.8 Å². The van der Waals surface area contributed by atoms with Gasteiger partial charge in [-0.15, -0.1) is 0 Å². The molecule has 1 unspecified atom stereocenters. The lowest BCUT2D eigenvalue weighted by atomic mass is 9.98. The summed E-state index contributed by atoms with van der Waals surface area (Å²) < 4.78 is 10.8. The number of nitrogens with one attached hydrogen (secondary N) is 1. The van der Waals surface area contributed by atoms with Gasteiger partial charge in [0, 0.05) is 0 Å². The second-order valence-corrected chi connectivity index (χ2v) is 4.30. The van der Waals surface area contributed by atoms with E-state index in [1.54, 1.807) is 14.2 Å². The number of nitrogens with zero attached hydrogens (tertiary/aromatic N) is 1.